The van der Waals surface area contributed by atoms with Crippen LogP contribution in [0.15, 0.2) is 54.6 Å². The van der Waals surface area contributed by atoms with Gasteiger partial charge in [-0.1, -0.05) is 42.5 Å². The minimum atomic E-state index is 0.124. The van der Waals surface area contributed by atoms with Crippen molar-refractivity contribution >= 4 is 11.6 Å². The Hall–Kier alpha value is -2.29. The highest BCUT2D eigenvalue weighted by molar-refractivity contribution is 5.79. The number of carbonyl (C=O) groups is 1. The van der Waals surface area contributed by atoms with Crippen molar-refractivity contribution < 1.29 is 4.79 Å². The lowest BCUT2D eigenvalue weighted by Gasteiger charge is -2.27. The molecule has 2 aromatic carbocycles. The fraction of sp³-hybridized carbons (Fsp3) is 0.278. The average Bonchev–Trinajstić information content (AvgIpc) is 2.45. The quantitative estimate of drug-likeness (QED) is 0.856. The van der Waals surface area contributed by atoms with Crippen molar-refractivity contribution in [2.24, 2.45) is 0 Å². The van der Waals surface area contributed by atoms with Gasteiger partial charge in [0.05, 0.1) is 6.42 Å². The Bertz CT molecular complexity index is 593. The fourth-order valence-corrected chi connectivity index (χ4v) is 2.32. The monoisotopic (exact) mass is 282 g/mol. The second-order valence-corrected chi connectivity index (χ2v) is 5.52. The molecule has 110 valence electrons. The van der Waals surface area contributed by atoms with Crippen molar-refractivity contribution in [2.45, 2.75) is 32.9 Å². The SMILES string of the molecule is CC(C)N(Cc1ccccc1)C(=O)Cc1cccc(N)c1. The maximum Gasteiger partial charge on any atom is 0.227 e. The molecule has 0 radical (unpaired) electrons. The zero-order chi connectivity index (χ0) is 15.2. The first kappa shape index (κ1) is 15.1. The Morgan fingerprint density at radius 1 is 1.05 bits per heavy atom. The first-order chi connectivity index (χ1) is 10.1. The van der Waals surface area contributed by atoms with Crippen molar-refractivity contribution in [3.05, 3.63) is 65.7 Å². The molecule has 2 N–H and O–H groups in total. The van der Waals surface area contributed by atoms with E-state index in [9.17, 15) is 4.79 Å². The summed E-state index contributed by atoms with van der Waals surface area (Å²) in [5.74, 6) is 0.124. The lowest BCUT2D eigenvalue weighted by Crippen LogP contribution is -2.37. The average molecular weight is 282 g/mol. The molecule has 1 amide bonds. The third-order valence-corrected chi connectivity index (χ3v) is 3.45. The van der Waals surface area contributed by atoms with Crippen molar-refractivity contribution in [1.82, 2.24) is 4.90 Å². The van der Waals surface area contributed by atoms with Crippen molar-refractivity contribution in [3.63, 3.8) is 0 Å². The second kappa shape index (κ2) is 6.93. The molecule has 2 rings (SSSR count). The predicted octanol–water partition coefficient (Wildman–Crippen LogP) is 3.25. The van der Waals surface area contributed by atoms with E-state index in [1.165, 1.54) is 0 Å². The van der Waals surface area contributed by atoms with Gasteiger partial charge in [0, 0.05) is 18.3 Å². The van der Waals surface area contributed by atoms with E-state index < -0.39 is 0 Å². The summed E-state index contributed by atoms with van der Waals surface area (Å²) >= 11 is 0. The van der Waals surface area contributed by atoms with E-state index in [2.05, 4.69) is 0 Å². The van der Waals surface area contributed by atoms with Gasteiger partial charge in [0.25, 0.3) is 0 Å². The maximum atomic E-state index is 12.6. The molecule has 0 saturated heterocycles. The largest absolute Gasteiger partial charge is 0.399 e. The van der Waals surface area contributed by atoms with E-state index in [-0.39, 0.29) is 11.9 Å². The van der Waals surface area contributed by atoms with Crippen LogP contribution in [0.2, 0.25) is 0 Å². The third-order valence-electron chi connectivity index (χ3n) is 3.45. The number of anilines is 1. The summed E-state index contributed by atoms with van der Waals surface area (Å²) in [6, 6.07) is 17.7. The molecular weight excluding hydrogens is 260 g/mol. The molecule has 0 aliphatic heterocycles. The third kappa shape index (κ3) is 4.35. The number of rotatable bonds is 5. The van der Waals surface area contributed by atoms with Gasteiger partial charge in [0.2, 0.25) is 5.91 Å². The summed E-state index contributed by atoms with van der Waals surface area (Å²) in [4.78, 5) is 14.5. The number of amides is 1. The zero-order valence-electron chi connectivity index (χ0n) is 12.6. The number of carbonyl (C=O) groups excluding carboxylic acids is 1. The van der Waals surface area contributed by atoms with Crippen LogP contribution in [0.25, 0.3) is 0 Å². The molecule has 3 heteroatoms. The van der Waals surface area contributed by atoms with Crippen LogP contribution in [-0.2, 0) is 17.8 Å². The van der Waals surface area contributed by atoms with E-state index in [4.69, 9.17) is 5.73 Å². The van der Waals surface area contributed by atoms with E-state index in [0.29, 0.717) is 18.7 Å². The van der Waals surface area contributed by atoms with Gasteiger partial charge < -0.3 is 10.6 Å². The Morgan fingerprint density at radius 3 is 2.33 bits per heavy atom. The predicted molar refractivity (Wildman–Crippen MR) is 86.7 cm³/mol. The molecule has 0 unspecified atom stereocenters. The van der Waals surface area contributed by atoms with Gasteiger partial charge in [0.15, 0.2) is 0 Å². The van der Waals surface area contributed by atoms with Gasteiger partial charge in [0.1, 0.15) is 0 Å². The molecule has 0 aliphatic rings. The van der Waals surface area contributed by atoms with Crippen LogP contribution in [-0.4, -0.2) is 16.8 Å². The smallest absolute Gasteiger partial charge is 0.227 e. The number of benzene rings is 2. The number of nitrogens with zero attached hydrogens (tertiary/aromatic N) is 1. The fourth-order valence-electron chi connectivity index (χ4n) is 2.32. The molecule has 21 heavy (non-hydrogen) atoms. The molecule has 0 aliphatic carbocycles. The summed E-state index contributed by atoms with van der Waals surface area (Å²) < 4.78 is 0. The first-order valence-electron chi connectivity index (χ1n) is 7.24. The summed E-state index contributed by atoms with van der Waals surface area (Å²) in [6.45, 7) is 4.72. The van der Waals surface area contributed by atoms with E-state index in [1.807, 2.05) is 73.3 Å². The second-order valence-electron chi connectivity index (χ2n) is 5.52. The van der Waals surface area contributed by atoms with Crippen molar-refractivity contribution in [2.75, 3.05) is 5.73 Å². The number of hydrogen-bond acceptors (Lipinski definition) is 2. The van der Waals surface area contributed by atoms with Crippen LogP contribution in [0.1, 0.15) is 25.0 Å². The van der Waals surface area contributed by atoms with Crippen LogP contribution in [0.5, 0.6) is 0 Å². The van der Waals surface area contributed by atoms with Gasteiger partial charge >= 0.3 is 0 Å². The van der Waals surface area contributed by atoms with Crippen LogP contribution in [0.3, 0.4) is 0 Å². The van der Waals surface area contributed by atoms with E-state index >= 15 is 0 Å². The molecule has 0 saturated carbocycles. The molecule has 0 heterocycles. The molecule has 0 aromatic heterocycles. The Kier molecular flexibility index (Phi) is 4.99. The number of nitrogens with two attached hydrogens (primary N) is 1. The molecular formula is C18H22N2O. The van der Waals surface area contributed by atoms with Crippen molar-refractivity contribution in [1.29, 1.82) is 0 Å². The van der Waals surface area contributed by atoms with Crippen LogP contribution in [0, 0.1) is 0 Å². The molecule has 0 bridgehead atoms. The van der Waals surface area contributed by atoms with Gasteiger partial charge in [-0.2, -0.15) is 0 Å². The normalized spacial score (nSPS) is 10.6. The van der Waals surface area contributed by atoms with Crippen molar-refractivity contribution in [3.8, 4) is 0 Å². The Balaban J connectivity index is 2.09. The van der Waals surface area contributed by atoms with Crippen LogP contribution >= 0.6 is 0 Å². The Morgan fingerprint density at radius 2 is 1.71 bits per heavy atom. The van der Waals surface area contributed by atoms with Gasteiger partial charge in [-0.15, -0.1) is 0 Å². The topological polar surface area (TPSA) is 46.3 Å². The minimum absolute atomic E-state index is 0.124. The number of hydrogen-bond donors (Lipinski definition) is 1. The molecule has 3 nitrogen and oxygen atoms in total. The lowest BCUT2D eigenvalue weighted by atomic mass is 10.1. The molecule has 0 fully saturated rings. The van der Waals surface area contributed by atoms with Gasteiger partial charge in [-0.25, -0.2) is 0 Å². The van der Waals surface area contributed by atoms with Gasteiger partial charge in [-0.3, -0.25) is 4.79 Å². The van der Waals surface area contributed by atoms with Crippen LogP contribution in [0.4, 0.5) is 5.69 Å². The van der Waals surface area contributed by atoms with E-state index in [0.717, 1.165) is 11.1 Å². The summed E-state index contributed by atoms with van der Waals surface area (Å²) in [5.41, 5.74) is 8.57. The molecule has 0 atom stereocenters. The highest BCUT2D eigenvalue weighted by Gasteiger charge is 2.17. The summed E-state index contributed by atoms with van der Waals surface area (Å²) in [5, 5.41) is 0. The summed E-state index contributed by atoms with van der Waals surface area (Å²) in [6.07, 6.45) is 0.385. The zero-order valence-corrected chi connectivity index (χ0v) is 12.6. The van der Waals surface area contributed by atoms with E-state index in [1.54, 1.807) is 0 Å². The van der Waals surface area contributed by atoms with Gasteiger partial charge in [-0.05, 0) is 37.1 Å². The summed E-state index contributed by atoms with van der Waals surface area (Å²) in [7, 11) is 0. The first-order valence-corrected chi connectivity index (χ1v) is 7.24. The standard InChI is InChI=1S/C18H22N2O/c1-14(2)20(13-15-7-4-3-5-8-15)18(21)12-16-9-6-10-17(19)11-16/h3-11,14H,12-13,19H2,1-2H3. The molecule has 2 aromatic rings. The highest BCUT2D eigenvalue weighted by Crippen LogP contribution is 2.13. The Labute approximate surface area is 126 Å². The minimum Gasteiger partial charge on any atom is -0.399 e. The number of nitrogen functional groups attached to an aromatic ring is 1. The maximum absolute atomic E-state index is 12.6. The van der Waals surface area contributed by atoms with Crippen LogP contribution < -0.4 is 5.73 Å². The highest BCUT2D eigenvalue weighted by atomic mass is 16.2. The molecule has 0 spiro atoms. The lowest BCUT2D eigenvalue weighted by molar-refractivity contribution is -0.132.